The molecular formula is C11H12FNO3. The molecule has 2 rings (SSSR count). The van der Waals surface area contributed by atoms with Crippen molar-refractivity contribution in [3.05, 3.63) is 35.9 Å². The average molecular weight is 225 g/mol. The third-order valence-corrected chi connectivity index (χ3v) is 2.16. The Balaban J connectivity index is 1.92. The molecule has 2 unspecified atom stereocenters. The predicted octanol–water partition coefficient (Wildman–Crippen LogP) is 1.08. The molecule has 4 nitrogen and oxygen atoms in total. The van der Waals surface area contributed by atoms with Crippen molar-refractivity contribution in [3.8, 4) is 0 Å². The molecule has 0 saturated carbocycles. The fourth-order valence-electron chi connectivity index (χ4n) is 1.42. The van der Waals surface area contributed by atoms with Crippen LogP contribution in [0.15, 0.2) is 30.3 Å². The molecule has 0 aromatic heterocycles. The molecule has 1 heterocycles. The number of carbonyl (C=O) groups excluding carboxylic acids is 1. The fourth-order valence-corrected chi connectivity index (χ4v) is 1.42. The van der Waals surface area contributed by atoms with Crippen molar-refractivity contribution < 1.29 is 18.7 Å². The Labute approximate surface area is 92.4 Å². The zero-order chi connectivity index (χ0) is 11.4. The first-order valence-electron chi connectivity index (χ1n) is 4.99. The Morgan fingerprint density at radius 3 is 2.81 bits per heavy atom. The van der Waals surface area contributed by atoms with Crippen molar-refractivity contribution in [2.45, 2.75) is 12.5 Å². The van der Waals surface area contributed by atoms with Crippen LogP contribution in [-0.4, -0.2) is 31.7 Å². The number of hydrogen-bond acceptors (Lipinski definition) is 4. The summed E-state index contributed by atoms with van der Waals surface area (Å²) in [6, 6.07) is 8.55. The fraction of sp³-hybridized carbons (Fsp3) is 0.364. The number of alkyl halides is 1. The maximum atomic E-state index is 12.9. The molecule has 2 atom stereocenters. The normalized spacial score (nSPS) is 25.1. The zero-order valence-corrected chi connectivity index (χ0v) is 8.56. The summed E-state index contributed by atoms with van der Waals surface area (Å²) in [5, 5.41) is 2.48. The number of hydrogen-bond donors (Lipinski definition) is 1. The summed E-state index contributed by atoms with van der Waals surface area (Å²) in [7, 11) is 0. The lowest BCUT2D eigenvalue weighted by Gasteiger charge is -2.26. The lowest BCUT2D eigenvalue weighted by Crippen LogP contribution is -2.48. The molecule has 16 heavy (non-hydrogen) atoms. The third-order valence-electron chi connectivity index (χ3n) is 2.16. The molecule has 1 aliphatic rings. The molecule has 0 aliphatic carbocycles. The van der Waals surface area contributed by atoms with Crippen molar-refractivity contribution in [2.75, 3.05) is 13.2 Å². The van der Waals surface area contributed by atoms with Crippen molar-refractivity contribution in [3.63, 3.8) is 0 Å². The SMILES string of the molecule is O=C(OC1COCC(F)N1)c1ccccc1. The number of nitrogens with one attached hydrogen (secondary N) is 1. The van der Waals surface area contributed by atoms with Gasteiger partial charge in [-0.25, -0.2) is 14.5 Å². The molecule has 1 aromatic carbocycles. The number of ether oxygens (including phenoxy) is 2. The number of halogens is 1. The Morgan fingerprint density at radius 1 is 1.38 bits per heavy atom. The number of rotatable bonds is 2. The average Bonchev–Trinajstić information content (AvgIpc) is 2.30. The Hall–Kier alpha value is -1.46. The van der Waals surface area contributed by atoms with E-state index in [2.05, 4.69) is 5.32 Å². The van der Waals surface area contributed by atoms with Gasteiger partial charge < -0.3 is 9.47 Å². The van der Waals surface area contributed by atoms with Gasteiger partial charge in [-0.05, 0) is 12.1 Å². The first-order valence-corrected chi connectivity index (χ1v) is 4.99. The van der Waals surface area contributed by atoms with Crippen LogP contribution in [0.4, 0.5) is 4.39 Å². The second kappa shape index (κ2) is 5.05. The van der Waals surface area contributed by atoms with Crippen LogP contribution in [0.3, 0.4) is 0 Å². The first-order chi connectivity index (χ1) is 7.75. The molecule has 86 valence electrons. The van der Waals surface area contributed by atoms with Crippen LogP contribution in [0.1, 0.15) is 10.4 Å². The molecular weight excluding hydrogens is 213 g/mol. The first kappa shape index (κ1) is 11.0. The van der Waals surface area contributed by atoms with E-state index < -0.39 is 18.5 Å². The molecule has 1 fully saturated rings. The van der Waals surface area contributed by atoms with E-state index in [0.29, 0.717) is 5.56 Å². The molecule has 1 aliphatic heterocycles. The van der Waals surface area contributed by atoms with Crippen molar-refractivity contribution in [1.29, 1.82) is 0 Å². The lowest BCUT2D eigenvalue weighted by atomic mass is 10.2. The number of esters is 1. The Bertz CT molecular complexity index is 358. The van der Waals surface area contributed by atoms with E-state index in [1.165, 1.54) is 0 Å². The summed E-state index contributed by atoms with van der Waals surface area (Å²) >= 11 is 0. The van der Waals surface area contributed by atoms with Crippen LogP contribution in [0, 0.1) is 0 Å². The van der Waals surface area contributed by atoms with Crippen LogP contribution in [0.25, 0.3) is 0 Å². The highest BCUT2D eigenvalue weighted by Crippen LogP contribution is 2.07. The molecule has 1 saturated heterocycles. The number of benzene rings is 1. The van der Waals surface area contributed by atoms with Crippen molar-refractivity contribution >= 4 is 5.97 Å². The highest BCUT2D eigenvalue weighted by Gasteiger charge is 2.24. The second-order valence-corrected chi connectivity index (χ2v) is 3.43. The van der Waals surface area contributed by atoms with Gasteiger partial charge in [0.2, 0.25) is 0 Å². The molecule has 1 N–H and O–H groups in total. The predicted molar refractivity (Wildman–Crippen MR) is 54.5 cm³/mol. The minimum Gasteiger partial charge on any atom is -0.440 e. The van der Waals surface area contributed by atoms with E-state index in [9.17, 15) is 9.18 Å². The highest BCUT2D eigenvalue weighted by atomic mass is 19.1. The Morgan fingerprint density at radius 2 is 2.12 bits per heavy atom. The van der Waals surface area contributed by atoms with E-state index in [0.717, 1.165) is 0 Å². The summed E-state index contributed by atoms with van der Waals surface area (Å²) in [6.45, 7) is 0.151. The maximum Gasteiger partial charge on any atom is 0.339 e. The van der Waals surface area contributed by atoms with Crippen molar-refractivity contribution in [1.82, 2.24) is 5.32 Å². The van der Waals surface area contributed by atoms with Crippen molar-refractivity contribution in [2.24, 2.45) is 0 Å². The quantitative estimate of drug-likeness (QED) is 0.604. The van der Waals surface area contributed by atoms with Crippen LogP contribution < -0.4 is 5.32 Å². The zero-order valence-electron chi connectivity index (χ0n) is 8.56. The third kappa shape index (κ3) is 2.77. The minimum atomic E-state index is -1.29. The standard InChI is InChI=1S/C11H12FNO3/c12-9-6-15-7-10(13-9)16-11(14)8-4-2-1-3-5-8/h1-5,9-10,13H,6-7H2. The summed E-state index contributed by atoms with van der Waals surface area (Å²) < 4.78 is 22.8. The van der Waals surface area contributed by atoms with E-state index in [1.807, 2.05) is 0 Å². The Kier molecular flexibility index (Phi) is 3.48. The molecule has 0 bridgehead atoms. The van der Waals surface area contributed by atoms with Gasteiger partial charge in [-0.2, -0.15) is 0 Å². The van der Waals surface area contributed by atoms with Gasteiger partial charge in [0.05, 0.1) is 18.8 Å². The van der Waals surface area contributed by atoms with E-state index in [1.54, 1.807) is 30.3 Å². The van der Waals surface area contributed by atoms with Gasteiger partial charge in [-0.15, -0.1) is 0 Å². The topological polar surface area (TPSA) is 47.6 Å². The molecule has 0 spiro atoms. The molecule has 5 heteroatoms. The molecule has 0 radical (unpaired) electrons. The molecule has 0 amide bonds. The lowest BCUT2D eigenvalue weighted by molar-refractivity contribution is -0.0801. The molecule has 1 aromatic rings. The number of morpholine rings is 1. The van der Waals surface area contributed by atoms with E-state index >= 15 is 0 Å². The van der Waals surface area contributed by atoms with Gasteiger partial charge >= 0.3 is 5.97 Å². The van der Waals surface area contributed by atoms with Crippen LogP contribution in [-0.2, 0) is 9.47 Å². The van der Waals surface area contributed by atoms with Gasteiger partial charge in [0.15, 0.2) is 12.5 Å². The smallest absolute Gasteiger partial charge is 0.339 e. The van der Waals surface area contributed by atoms with Crippen LogP contribution >= 0.6 is 0 Å². The largest absolute Gasteiger partial charge is 0.440 e. The summed E-state index contributed by atoms with van der Waals surface area (Å²) in [5.74, 6) is -0.490. The van der Waals surface area contributed by atoms with Gasteiger partial charge in [0.25, 0.3) is 0 Å². The van der Waals surface area contributed by atoms with Crippen LogP contribution in [0.2, 0.25) is 0 Å². The van der Waals surface area contributed by atoms with Crippen LogP contribution in [0.5, 0.6) is 0 Å². The summed E-state index contributed by atoms with van der Waals surface area (Å²) in [4.78, 5) is 11.6. The number of carbonyl (C=O) groups is 1. The summed E-state index contributed by atoms with van der Waals surface area (Å²) in [5.41, 5.74) is 0.435. The van der Waals surface area contributed by atoms with Gasteiger partial charge in [0, 0.05) is 0 Å². The summed E-state index contributed by atoms with van der Waals surface area (Å²) in [6.07, 6.45) is -2.02. The minimum absolute atomic E-state index is 0.0145. The monoisotopic (exact) mass is 225 g/mol. The van der Waals surface area contributed by atoms with E-state index in [-0.39, 0.29) is 13.2 Å². The second-order valence-electron chi connectivity index (χ2n) is 3.43. The highest BCUT2D eigenvalue weighted by molar-refractivity contribution is 5.89. The maximum absolute atomic E-state index is 12.9. The van der Waals surface area contributed by atoms with Gasteiger partial charge in [0.1, 0.15) is 0 Å². The van der Waals surface area contributed by atoms with Gasteiger partial charge in [-0.3, -0.25) is 0 Å². The van der Waals surface area contributed by atoms with Gasteiger partial charge in [-0.1, -0.05) is 18.2 Å². The van der Waals surface area contributed by atoms with E-state index in [4.69, 9.17) is 9.47 Å².